The van der Waals surface area contributed by atoms with Gasteiger partial charge in [0.25, 0.3) is 5.91 Å². The molecular weight excluding hydrogens is 376 g/mol. The lowest BCUT2D eigenvalue weighted by Crippen LogP contribution is -2.69. The second-order valence-corrected chi connectivity index (χ2v) is 10.1. The summed E-state index contributed by atoms with van der Waals surface area (Å²) in [5.74, 6) is 2.01. The monoisotopic (exact) mass is 402 g/mol. The average Bonchev–Trinajstić information content (AvgIpc) is 3.06. The Hall–Kier alpha value is -1.73. The summed E-state index contributed by atoms with van der Waals surface area (Å²) in [6, 6.07) is 7.19. The summed E-state index contributed by atoms with van der Waals surface area (Å²) in [5.41, 5.74) is -0.394. The van der Waals surface area contributed by atoms with E-state index in [4.69, 9.17) is 4.74 Å². The molecule has 0 unspecified atom stereocenters. The molecule has 3 aliphatic carbocycles. The SMILES string of the molecule is C[C@@]12CC[C@@H](C[C@@H]1C(=O)N[C@@H]1CSC[C@@H]1O)[C@@]1(C2)NC(=O)c2ccccc2O1. The van der Waals surface area contributed by atoms with Gasteiger partial charge >= 0.3 is 0 Å². The van der Waals surface area contributed by atoms with Gasteiger partial charge in [0.05, 0.1) is 17.7 Å². The number of ether oxygens (including phenoxy) is 1. The van der Waals surface area contributed by atoms with Crippen LogP contribution in [-0.4, -0.2) is 46.3 Å². The molecule has 2 bridgehead atoms. The number of hydrogen-bond donors (Lipinski definition) is 3. The third kappa shape index (κ3) is 2.74. The standard InChI is InChI=1S/C21H26N2O4S/c1-20-7-6-12(8-14(20)19(26)22-15-9-28-10-16(15)24)21(11-20)23-18(25)13-4-2-3-5-17(13)27-21/h2-5,12,14-16,24H,6-11H2,1H3,(H,22,26)(H,23,25)/t12-,14+,15+,16-,20-,21-/m0/s1. The molecule has 7 heteroatoms. The number of para-hydroxylation sites is 1. The number of benzene rings is 1. The number of amides is 2. The van der Waals surface area contributed by atoms with Crippen LogP contribution >= 0.6 is 11.8 Å². The van der Waals surface area contributed by atoms with Gasteiger partial charge in [0.15, 0.2) is 5.72 Å². The van der Waals surface area contributed by atoms with Crippen LogP contribution in [0.25, 0.3) is 0 Å². The van der Waals surface area contributed by atoms with E-state index in [-0.39, 0.29) is 35.1 Å². The molecule has 4 fully saturated rings. The number of hydrogen-bond acceptors (Lipinski definition) is 5. The molecule has 0 radical (unpaired) electrons. The molecule has 6 atom stereocenters. The fourth-order valence-corrected chi connectivity index (χ4v) is 6.79. The molecule has 5 aliphatic rings. The highest BCUT2D eigenvalue weighted by atomic mass is 32.2. The van der Waals surface area contributed by atoms with E-state index in [9.17, 15) is 14.7 Å². The lowest BCUT2D eigenvalue weighted by molar-refractivity contribution is -0.168. The molecule has 2 heterocycles. The Morgan fingerprint density at radius 3 is 2.93 bits per heavy atom. The van der Waals surface area contributed by atoms with Gasteiger partial charge in [0, 0.05) is 29.8 Å². The van der Waals surface area contributed by atoms with E-state index >= 15 is 0 Å². The van der Waals surface area contributed by atoms with Gasteiger partial charge in [-0.15, -0.1) is 0 Å². The van der Waals surface area contributed by atoms with Gasteiger partial charge in [0.2, 0.25) is 5.91 Å². The summed E-state index contributed by atoms with van der Waals surface area (Å²) in [4.78, 5) is 25.8. The first-order valence-electron chi connectivity index (χ1n) is 10.1. The van der Waals surface area contributed by atoms with E-state index in [2.05, 4.69) is 17.6 Å². The van der Waals surface area contributed by atoms with Crippen LogP contribution in [0, 0.1) is 17.3 Å². The molecule has 0 aromatic heterocycles. The zero-order valence-corrected chi connectivity index (χ0v) is 16.8. The van der Waals surface area contributed by atoms with Crippen molar-refractivity contribution < 1.29 is 19.4 Å². The maximum atomic E-state index is 13.1. The lowest BCUT2D eigenvalue weighted by Gasteiger charge is -2.59. The molecule has 2 amide bonds. The van der Waals surface area contributed by atoms with Crippen molar-refractivity contribution in [2.45, 2.75) is 50.5 Å². The van der Waals surface area contributed by atoms with Crippen LogP contribution in [0.5, 0.6) is 5.75 Å². The topological polar surface area (TPSA) is 87.7 Å². The normalized spacial score (nSPS) is 41.3. The van der Waals surface area contributed by atoms with E-state index in [0.717, 1.165) is 18.6 Å². The highest BCUT2D eigenvalue weighted by Crippen LogP contribution is 2.58. The molecule has 6 rings (SSSR count). The van der Waals surface area contributed by atoms with E-state index in [1.807, 2.05) is 18.2 Å². The number of rotatable bonds is 2. The molecule has 3 saturated carbocycles. The Morgan fingerprint density at radius 2 is 2.18 bits per heavy atom. The Labute approximate surface area is 168 Å². The quantitative estimate of drug-likeness (QED) is 0.704. The van der Waals surface area contributed by atoms with Crippen molar-refractivity contribution in [1.29, 1.82) is 0 Å². The molecule has 1 aromatic carbocycles. The predicted octanol–water partition coefficient (Wildman–Crippen LogP) is 1.92. The maximum Gasteiger partial charge on any atom is 0.258 e. The van der Waals surface area contributed by atoms with Gasteiger partial charge in [0.1, 0.15) is 5.75 Å². The molecule has 150 valence electrons. The number of nitrogens with one attached hydrogen (secondary N) is 2. The Kier molecular flexibility index (Phi) is 4.18. The number of thioether (sulfide) groups is 1. The van der Waals surface area contributed by atoms with Gasteiger partial charge in [-0.25, -0.2) is 0 Å². The molecular formula is C21H26N2O4S. The van der Waals surface area contributed by atoms with E-state index in [1.165, 1.54) is 0 Å². The highest BCUT2D eigenvalue weighted by Gasteiger charge is 2.62. The Bertz CT molecular complexity index is 832. The van der Waals surface area contributed by atoms with E-state index in [0.29, 0.717) is 29.9 Å². The third-order valence-electron chi connectivity index (χ3n) is 7.19. The minimum atomic E-state index is -0.724. The zero-order chi connectivity index (χ0) is 19.5. The van der Waals surface area contributed by atoms with Crippen molar-refractivity contribution in [1.82, 2.24) is 10.6 Å². The van der Waals surface area contributed by atoms with Crippen LogP contribution in [0.2, 0.25) is 0 Å². The van der Waals surface area contributed by atoms with E-state index < -0.39 is 11.8 Å². The van der Waals surface area contributed by atoms with E-state index in [1.54, 1.807) is 17.8 Å². The summed E-state index contributed by atoms with van der Waals surface area (Å²) in [7, 11) is 0. The number of aliphatic hydroxyl groups is 1. The average molecular weight is 403 g/mol. The van der Waals surface area contributed by atoms with Crippen LogP contribution in [0.15, 0.2) is 24.3 Å². The van der Waals surface area contributed by atoms with Crippen molar-refractivity contribution in [2.24, 2.45) is 17.3 Å². The second-order valence-electron chi connectivity index (χ2n) is 9.02. The summed E-state index contributed by atoms with van der Waals surface area (Å²) < 4.78 is 6.40. The summed E-state index contributed by atoms with van der Waals surface area (Å²) in [5, 5.41) is 16.3. The first kappa shape index (κ1) is 18.3. The maximum absolute atomic E-state index is 13.1. The fraction of sp³-hybridized carbons (Fsp3) is 0.619. The summed E-state index contributed by atoms with van der Waals surface area (Å²) in [6.07, 6.45) is 2.74. The highest BCUT2D eigenvalue weighted by molar-refractivity contribution is 7.99. The molecule has 6 nitrogen and oxygen atoms in total. The summed E-state index contributed by atoms with van der Waals surface area (Å²) in [6.45, 7) is 2.14. The lowest BCUT2D eigenvalue weighted by atomic mass is 9.52. The van der Waals surface area contributed by atoms with Crippen LogP contribution in [0.1, 0.15) is 43.0 Å². The molecule has 1 spiro atoms. The van der Waals surface area contributed by atoms with Crippen LogP contribution < -0.4 is 15.4 Å². The molecule has 1 aromatic rings. The third-order valence-corrected chi connectivity index (χ3v) is 8.37. The Balaban J connectivity index is 1.38. The van der Waals surface area contributed by atoms with Gasteiger partial charge in [-0.1, -0.05) is 19.1 Å². The van der Waals surface area contributed by atoms with Crippen molar-refractivity contribution in [3.63, 3.8) is 0 Å². The summed E-state index contributed by atoms with van der Waals surface area (Å²) >= 11 is 1.67. The van der Waals surface area contributed by atoms with Gasteiger partial charge in [-0.2, -0.15) is 11.8 Å². The van der Waals surface area contributed by atoms with Crippen LogP contribution in [0.4, 0.5) is 0 Å². The number of carbonyl (C=O) groups excluding carboxylic acids is 2. The van der Waals surface area contributed by atoms with Crippen molar-refractivity contribution in [3.8, 4) is 5.75 Å². The van der Waals surface area contributed by atoms with Gasteiger partial charge in [-0.3, -0.25) is 9.59 Å². The molecule has 1 saturated heterocycles. The fourth-order valence-electron chi connectivity index (χ4n) is 5.62. The predicted molar refractivity (Wildman–Crippen MR) is 106 cm³/mol. The largest absolute Gasteiger partial charge is 0.467 e. The van der Waals surface area contributed by atoms with Crippen molar-refractivity contribution in [2.75, 3.05) is 11.5 Å². The van der Waals surface area contributed by atoms with Gasteiger partial charge in [-0.05, 0) is 36.8 Å². The first-order valence-corrected chi connectivity index (χ1v) is 11.2. The smallest absolute Gasteiger partial charge is 0.258 e. The van der Waals surface area contributed by atoms with Crippen molar-refractivity contribution in [3.05, 3.63) is 29.8 Å². The van der Waals surface area contributed by atoms with Gasteiger partial charge < -0.3 is 20.5 Å². The second kappa shape index (κ2) is 6.39. The van der Waals surface area contributed by atoms with Crippen molar-refractivity contribution >= 4 is 23.6 Å². The number of carbonyl (C=O) groups is 2. The van der Waals surface area contributed by atoms with Crippen LogP contribution in [0.3, 0.4) is 0 Å². The minimum absolute atomic E-state index is 0.0381. The zero-order valence-electron chi connectivity index (χ0n) is 15.9. The minimum Gasteiger partial charge on any atom is -0.467 e. The number of aliphatic hydroxyl groups excluding tert-OH is 1. The molecule has 3 N–H and O–H groups in total. The molecule has 2 aliphatic heterocycles. The van der Waals surface area contributed by atoms with Crippen LogP contribution in [-0.2, 0) is 4.79 Å². The number of fused-ring (bicyclic) bond motifs is 3. The Morgan fingerprint density at radius 1 is 1.36 bits per heavy atom. The first-order chi connectivity index (χ1) is 13.4. The molecule has 28 heavy (non-hydrogen) atoms.